The number of carbonyl (C=O) groups is 2. The van der Waals surface area contributed by atoms with Crippen molar-refractivity contribution in [3.63, 3.8) is 0 Å². The van der Waals surface area contributed by atoms with Crippen LogP contribution < -0.4 is 0 Å². The van der Waals surface area contributed by atoms with Crippen molar-refractivity contribution in [3.05, 3.63) is 23.7 Å². The topological polar surface area (TPSA) is 70.8 Å². The lowest BCUT2D eigenvalue weighted by molar-refractivity contribution is -0.141. The average molecular weight is 255 g/mol. The molecule has 1 saturated heterocycles. The number of rotatable bonds is 2. The lowest BCUT2D eigenvalue weighted by Crippen LogP contribution is -2.50. The van der Waals surface area contributed by atoms with Gasteiger partial charge >= 0.3 is 5.97 Å². The van der Waals surface area contributed by atoms with Crippen LogP contribution in [0.5, 0.6) is 0 Å². The molecule has 1 fully saturated rings. The molecule has 17 heavy (non-hydrogen) atoms. The maximum Gasteiger partial charge on any atom is 0.327 e. The molecule has 1 aliphatic heterocycles. The molecule has 2 heterocycles. The van der Waals surface area contributed by atoms with Crippen molar-refractivity contribution in [1.82, 2.24) is 4.90 Å². The molecule has 92 valence electrons. The summed E-state index contributed by atoms with van der Waals surface area (Å²) in [5.41, 5.74) is 0. The summed E-state index contributed by atoms with van der Waals surface area (Å²) in [6.45, 7) is 2.19. The third-order valence-corrected chi connectivity index (χ3v) is 3.65. The van der Waals surface area contributed by atoms with Crippen LogP contribution in [0.4, 0.5) is 0 Å². The molecule has 0 bridgehead atoms. The molecule has 0 radical (unpaired) electrons. The Bertz CT molecular complexity index is 442. The van der Waals surface area contributed by atoms with Crippen molar-refractivity contribution >= 4 is 23.6 Å². The Balaban J connectivity index is 2.19. The van der Waals surface area contributed by atoms with Crippen LogP contribution in [0, 0.1) is 6.92 Å². The molecule has 5 nitrogen and oxygen atoms in total. The normalized spacial score (nSPS) is 20.3. The predicted molar refractivity (Wildman–Crippen MR) is 63.2 cm³/mol. The maximum atomic E-state index is 12.1. The second-order valence-corrected chi connectivity index (χ2v) is 4.99. The van der Waals surface area contributed by atoms with Crippen LogP contribution in [0.15, 0.2) is 16.5 Å². The number of aliphatic carboxylic acids is 1. The van der Waals surface area contributed by atoms with Crippen molar-refractivity contribution in [2.24, 2.45) is 0 Å². The van der Waals surface area contributed by atoms with Gasteiger partial charge in [-0.1, -0.05) is 0 Å². The maximum absolute atomic E-state index is 12.1. The smallest absolute Gasteiger partial charge is 0.327 e. The molecule has 1 aromatic rings. The summed E-state index contributed by atoms with van der Waals surface area (Å²) in [7, 11) is 0. The van der Waals surface area contributed by atoms with Gasteiger partial charge in [0.25, 0.3) is 5.91 Å². The van der Waals surface area contributed by atoms with E-state index in [0.29, 0.717) is 18.1 Å². The molecular weight excluding hydrogens is 242 g/mol. The summed E-state index contributed by atoms with van der Waals surface area (Å²) in [5, 5.41) is 9.07. The average Bonchev–Trinajstić information content (AvgIpc) is 2.75. The van der Waals surface area contributed by atoms with Crippen LogP contribution in [0.3, 0.4) is 0 Å². The largest absolute Gasteiger partial charge is 0.480 e. The van der Waals surface area contributed by atoms with E-state index in [2.05, 4.69) is 0 Å². The molecule has 1 unspecified atom stereocenters. The number of amides is 1. The van der Waals surface area contributed by atoms with Gasteiger partial charge in [-0.2, -0.15) is 11.8 Å². The van der Waals surface area contributed by atoms with Crippen molar-refractivity contribution < 1.29 is 19.1 Å². The van der Waals surface area contributed by atoms with E-state index in [-0.39, 0.29) is 11.7 Å². The zero-order valence-electron chi connectivity index (χ0n) is 9.38. The minimum Gasteiger partial charge on any atom is -0.480 e. The van der Waals surface area contributed by atoms with E-state index in [9.17, 15) is 9.59 Å². The molecule has 6 heteroatoms. The zero-order chi connectivity index (χ0) is 12.4. The van der Waals surface area contributed by atoms with Crippen LogP contribution in [0.1, 0.15) is 16.3 Å². The number of furan rings is 1. The number of carbonyl (C=O) groups excluding carboxylic acids is 1. The van der Waals surface area contributed by atoms with Gasteiger partial charge < -0.3 is 14.4 Å². The van der Waals surface area contributed by atoms with Gasteiger partial charge in [-0.3, -0.25) is 4.79 Å². The SMILES string of the molecule is Cc1ccc(C(=O)N2CCSCC2C(=O)O)o1. The molecule has 0 aliphatic carbocycles. The van der Waals surface area contributed by atoms with Gasteiger partial charge in [0.2, 0.25) is 0 Å². The molecule has 1 aliphatic rings. The molecule has 1 atom stereocenters. The third kappa shape index (κ3) is 2.46. The molecule has 0 spiro atoms. The van der Waals surface area contributed by atoms with E-state index in [1.807, 2.05) is 0 Å². The van der Waals surface area contributed by atoms with Crippen LogP contribution in [0.2, 0.25) is 0 Å². The first-order chi connectivity index (χ1) is 8.09. The third-order valence-electron chi connectivity index (χ3n) is 2.63. The van der Waals surface area contributed by atoms with Gasteiger partial charge in [-0.25, -0.2) is 4.79 Å². The first-order valence-corrected chi connectivity index (χ1v) is 6.43. The van der Waals surface area contributed by atoms with Crippen LogP contribution in [0.25, 0.3) is 0 Å². The summed E-state index contributed by atoms with van der Waals surface area (Å²) >= 11 is 1.55. The molecule has 0 aromatic carbocycles. The second-order valence-electron chi connectivity index (χ2n) is 3.84. The number of thioether (sulfide) groups is 1. The lowest BCUT2D eigenvalue weighted by Gasteiger charge is -2.31. The van der Waals surface area contributed by atoms with E-state index in [1.165, 1.54) is 4.90 Å². The fourth-order valence-electron chi connectivity index (χ4n) is 1.74. The molecule has 1 amide bonds. The quantitative estimate of drug-likeness (QED) is 0.860. The Morgan fingerprint density at radius 1 is 1.53 bits per heavy atom. The lowest BCUT2D eigenvalue weighted by atomic mass is 10.2. The second kappa shape index (κ2) is 4.83. The van der Waals surface area contributed by atoms with Crippen LogP contribution >= 0.6 is 11.8 Å². The van der Waals surface area contributed by atoms with Crippen molar-refractivity contribution in [2.45, 2.75) is 13.0 Å². The predicted octanol–water partition coefficient (Wildman–Crippen LogP) is 1.23. The first-order valence-electron chi connectivity index (χ1n) is 5.27. The van der Waals surface area contributed by atoms with Crippen LogP contribution in [-0.2, 0) is 4.79 Å². The van der Waals surface area contributed by atoms with Gasteiger partial charge in [-0.05, 0) is 19.1 Å². The highest BCUT2D eigenvalue weighted by atomic mass is 32.2. The first kappa shape index (κ1) is 12.0. The Hall–Kier alpha value is -1.43. The highest BCUT2D eigenvalue weighted by Gasteiger charge is 2.33. The van der Waals surface area contributed by atoms with Crippen molar-refractivity contribution in [1.29, 1.82) is 0 Å². The number of hydrogen-bond acceptors (Lipinski definition) is 4. The van der Waals surface area contributed by atoms with E-state index in [1.54, 1.807) is 30.8 Å². The van der Waals surface area contributed by atoms with E-state index >= 15 is 0 Å². The van der Waals surface area contributed by atoms with Crippen molar-refractivity contribution in [2.75, 3.05) is 18.1 Å². The summed E-state index contributed by atoms with van der Waals surface area (Å²) in [6.07, 6.45) is 0. The summed E-state index contributed by atoms with van der Waals surface area (Å²) in [4.78, 5) is 24.5. The summed E-state index contributed by atoms with van der Waals surface area (Å²) in [5.74, 6) is 0.738. The Morgan fingerprint density at radius 3 is 2.88 bits per heavy atom. The minimum absolute atomic E-state index is 0.209. The molecule has 1 aromatic heterocycles. The number of carboxylic acid groups (broad SMARTS) is 1. The molecule has 2 rings (SSSR count). The number of aryl methyl sites for hydroxylation is 1. The highest BCUT2D eigenvalue weighted by Crippen LogP contribution is 2.20. The Kier molecular flexibility index (Phi) is 3.42. The summed E-state index contributed by atoms with van der Waals surface area (Å²) in [6, 6.07) is 2.52. The minimum atomic E-state index is -0.964. The van der Waals surface area contributed by atoms with Gasteiger partial charge in [0.05, 0.1) is 0 Å². The van der Waals surface area contributed by atoms with E-state index in [4.69, 9.17) is 9.52 Å². The van der Waals surface area contributed by atoms with Crippen molar-refractivity contribution in [3.8, 4) is 0 Å². The summed E-state index contributed by atoms with van der Waals surface area (Å²) < 4.78 is 5.24. The highest BCUT2D eigenvalue weighted by molar-refractivity contribution is 7.99. The van der Waals surface area contributed by atoms with Gasteiger partial charge in [0.15, 0.2) is 5.76 Å². The zero-order valence-corrected chi connectivity index (χ0v) is 10.2. The van der Waals surface area contributed by atoms with Gasteiger partial charge in [-0.15, -0.1) is 0 Å². The molecule has 0 saturated carbocycles. The van der Waals surface area contributed by atoms with E-state index < -0.39 is 12.0 Å². The fourth-order valence-corrected chi connectivity index (χ4v) is 2.78. The Labute approximate surface area is 103 Å². The molecule has 1 N–H and O–H groups in total. The molecular formula is C11H13NO4S. The Morgan fingerprint density at radius 2 is 2.29 bits per heavy atom. The number of hydrogen-bond donors (Lipinski definition) is 1. The number of nitrogens with zero attached hydrogens (tertiary/aromatic N) is 1. The monoisotopic (exact) mass is 255 g/mol. The van der Waals surface area contributed by atoms with Gasteiger partial charge in [0.1, 0.15) is 11.8 Å². The number of carboxylic acids is 1. The fraction of sp³-hybridized carbons (Fsp3) is 0.455. The van der Waals surface area contributed by atoms with E-state index in [0.717, 1.165) is 5.75 Å². The standard InChI is InChI=1S/C11H13NO4S/c1-7-2-3-9(16-7)10(13)12-4-5-17-6-8(12)11(14)15/h2-3,8H,4-6H2,1H3,(H,14,15). The van der Waals surface area contributed by atoms with Gasteiger partial charge in [0, 0.05) is 18.1 Å². The van der Waals surface area contributed by atoms with Crippen LogP contribution in [-0.4, -0.2) is 46.0 Å².